The van der Waals surface area contributed by atoms with Gasteiger partial charge in [-0.1, -0.05) is 30.3 Å². The van der Waals surface area contributed by atoms with E-state index in [1.54, 1.807) is 6.08 Å². The van der Waals surface area contributed by atoms with Gasteiger partial charge in [-0.05, 0) is 11.6 Å². The summed E-state index contributed by atoms with van der Waals surface area (Å²) < 4.78 is 5.04. The second kappa shape index (κ2) is 4.18. The van der Waals surface area contributed by atoms with Gasteiger partial charge in [0.2, 0.25) is 0 Å². The van der Waals surface area contributed by atoms with E-state index in [-0.39, 0.29) is 0 Å². The van der Waals surface area contributed by atoms with Crippen LogP contribution in [0.25, 0.3) is 6.08 Å². The highest BCUT2D eigenvalue weighted by Crippen LogP contribution is 2.30. The minimum absolute atomic E-state index is 0.456. The van der Waals surface area contributed by atoms with Crippen molar-refractivity contribution in [3.05, 3.63) is 41.5 Å². The molecule has 1 aromatic rings. The minimum Gasteiger partial charge on any atom is -0.481 e. The zero-order valence-electron chi connectivity index (χ0n) is 8.42. The monoisotopic (exact) mass is 218 g/mol. The van der Waals surface area contributed by atoms with Crippen molar-refractivity contribution in [3.8, 4) is 0 Å². The van der Waals surface area contributed by atoms with Crippen LogP contribution >= 0.6 is 0 Å². The summed E-state index contributed by atoms with van der Waals surface area (Å²) in [5.41, 5.74) is 1.89. The molecule has 16 heavy (non-hydrogen) atoms. The molecule has 0 spiro atoms. The lowest BCUT2D eigenvalue weighted by Crippen LogP contribution is -2.12. The third kappa shape index (κ3) is 2.11. The van der Waals surface area contributed by atoms with Gasteiger partial charge in [0.25, 0.3) is 0 Å². The fraction of sp³-hybridized carbons (Fsp3) is 0.167. The van der Waals surface area contributed by atoms with Crippen molar-refractivity contribution in [1.29, 1.82) is 0 Å². The summed E-state index contributed by atoms with van der Waals surface area (Å²) in [5, 5.41) is 8.43. The van der Waals surface area contributed by atoms with Gasteiger partial charge in [-0.25, -0.2) is 0 Å². The number of hydrogen-bond acceptors (Lipinski definition) is 3. The van der Waals surface area contributed by atoms with Crippen LogP contribution in [0.1, 0.15) is 23.7 Å². The molecule has 0 amide bonds. The maximum atomic E-state index is 11.2. The number of aliphatic carboxylic acids is 1. The van der Waals surface area contributed by atoms with E-state index in [1.165, 1.54) is 0 Å². The molecular weight excluding hydrogens is 208 g/mol. The fourth-order valence-electron chi connectivity index (χ4n) is 1.63. The predicted octanol–water partition coefficient (Wildman–Crippen LogP) is 1.77. The fourth-order valence-corrected chi connectivity index (χ4v) is 1.63. The van der Waals surface area contributed by atoms with Gasteiger partial charge in [0.1, 0.15) is 12.5 Å². The lowest BCUT2D eigenvalue weighted by molar-refractivity contribution is -0.153. The number of fused-ring (bicyclic) bond motifs is 1. The molecule has 0 bridgehead atoms. The van der Waals surface area contributed by atoms with Crippen molar-refractivity contribution in [2.45, 2.75) is 12.5 Å². The molecule has 1 unspecified atom stereocenters. The first kappa shape index (κ1) is 10.4. The summed E-state index contributed by atoms with van der Waals surface area (Å²) in [5.74, 6) is -1.90. The smallest absolute Gasteiger partial charge is 0.318 e. The molecular formula is C12H10O4. The number of rotatable bonds is 3. The molecule has 1 aliphatic carbocycles. The van der Waals surface area contributed by atoms with Crippen molar-refractivity contribution < 1.29 is 19.4 Å². The van der Waals surface area contributed by atoms with Crippen LogP contribution in [-0.4, -0.2) is 17.0 Å². The average Bonchev–Trinajstić information content (AvgIpc) is 2.61. The van der Waals surface area contributed by atoms with Gasteiger partial charge in [0.05, 0.1) is 0 Å². The Labute approximate surface area is 92.2 Å². The van der Waals surface area contributed by atoms with Gasteiger partial charge in [0, 0.05) is 5.56 Å². The Morgan fingerprint density at radius 2 is 2.06 bits per heavy atom. The molecule has 1 N–H and O–H groups in total. The average molecular weight is 218 g/mol. The van der Waals surface area contributed by atoms with E-state index in [2.05, 4.69) is 0 Å². The molecule has 0 aromatic heterocycles. The highest BCUT2D eigenvalue weighted by atomic mass is 16.5. The first-order valence-electron chi connectivity index (χ1n) is 4.85. The summed E-state index contributed by atoms with van der Waals surface area (Å²) in [4.78, 5) is 21.5. The molecule has 1 aliphatic rings. The molecule has 1 atom stereocenters. The Morgan fingerprint density at radius 1 is 1.31 bits per heavy atom. The van der Waals surface area contributed by atoms with E-state index in [1.807, 2.05) is 30.3 Å². The van der Waals surface area contributed by atoms with Crippen LogP contribution in [0.4, 0.5) is 0 Å². The summed E-state index contributed by atoms with van der Waals surface area (Å²) >= 11 is 0. The first-order chi connectivity index (χ1) is 7.66. The van der Waals surface area contributed by atoms with E-state index >= 15 is 0 Å². The zero-order chi connectivity index (χ0) is 11.5. The Balaban J connectivity index is 2.06. The minimum atomic E-state index is -1.18. The molecule has 1 aromatic carbocycles. The third-order valence-electron chi connectivity index (χ3n) is 2.31. The molecule has 82 valence electrons. The SMILES string of the molecule is O=C(O)CC(=O)OC1C=Cc2ccccc21. The van der Waals surface area contributed by atoms with Crippen molar-refractivity contribution in [2.24, 2.45) is 0 Å². The molecule has 2 rings (SSSR count). The highest BCUT2D eigenvalue weighted by molar-refractivity contribution is 5.90. The topological polar surface area (TPSA) is 63.6 Å². The van der Waals surface area contributed by atoms with Crippen LogP contribution in [0.3, 0.4) is 0 Å². The molecule has 0 aliphatic heterocycles. The maximum absolute atomic E-state index is 11.2. The number of ether oxygens (including phenoxy) is 1. The van der Waals surface area contributed by atoms with Crippen LogP contribution in [0, 0.1) is 0 Å². The number of hydrogen-bond donors (Lipinski definition) is 1. The molecule has 0 fully saturated rings. The van der Waals surface area contributed by atoms with Crippen LogP contribution in [0.2, 0.25) is 0 Å². The van der Waals surface area contributed by atoms with Crippen LogP contribution < -0.4 is 0 Å². The molecule has 0 saturated heterocycles. The van der Waals surface area contributed by atoms with Crippen molar-refractivity contribution >= 4 is 18.0 Å². The number of carbonyl (C=O) groups excluding carboxylic acids is 1. The zero-order valence-corrected chi connectivity index (χ0v) is 8.42. The second-order valence-corrected chi connectivity index (χ2v) is 3.47. The van der Waals surface area contributed by atoms with Gasteiger partial charge in [0.15, 0.2) is 0 Å². The van der Waals surface area contributed by atoms with E-state index < -0.39 is 24.5 Å². The Kier molecular flexibility index (Phi) is 2.72. The van der Waals surface area contributed by atoms with Crippen molar-refractivity contribution in [2.75, 3.05) is 0 Å². The predicted molar refractivity (Wildman–Crippen MR) is 56.6 cm³/mol. The van der Waals surface area contributed by atoms with Crippen LogP contribution in [0.5, 0.6) is 0 Å². The Bertz CT molecular complexity index is 462. The summed E-state index contributed by atoms with van der Waals surface area (Å²) in [7, 11) is 0. The number of carbonyl (C=O) groups is 2. The Morgan fingerprint density at radius 3 is 2.81 bits per heavy atom. The molecule has 0 saturated carbocycles. The largest absolute Gasteiger partial charge is 0.481 e. The number of carboxylic acids is 1. The molecule has 4 nitrogen and oxygen atoms in total. The normalized spacial score (nSPS) is 16.9. The van der Waals surface area contributed by atoms with Gasteiger partial charge in [-0.15, -0.1) is 0 Å². The van der Waals surface area contributed by atoms with E-state index in [0.717, 1.165) is 11.1 Å². The lowest BCUT2D eigenvalue weighted by atomic mass is 10.1. The lowest BCUT2D eigenvalue weighted by Gasteiger charge is -2.11. The quantitative estimate of drug-likeness (QED) is 0.620. The van der Waals surface area contributed by atoms with E-state index in [4.69, 9.17) is 9.84 Å². The highest BCUT2D eigenvalue weighted by Gasteiger charge is 2.21. The van der Waals surface area contributed by atoms with Gasteiger partial charge >= 0.3 is 11.9 Å². The van der Waals surface area contributed by atoms with Crippen molar-refractivity contribution in [3.63, 3.8) is 0 Å². The second-order valence-electron chi connectivity index (χ2n) is 3.47. The van der Waals surface area contributed by atoms with Gasteiger partial charge < -0.3 is 9.84 Å². The van der Waals surface area contributed by atoms with Crippen molar-refractivity contribution in [1.82, 2.24) is 0 Å². The van der Waals surface area contributed by atoms with Crippen LogP contribution in [0.15, 0.2) is 30.3 Å². The van der Waals surface area contributed by atoms with Gasteiger partial charge in [-0.2, -0.15) is 0 Å². The van der Waals surface area contributed by atoms with Crippen LogP contribution in [-0.2, 0) is 14.3 Å². The Hall–Kier alpha value is -2.10. The van der Waals surface area contributed by atoms with E-state index in [9.17, 15) is 9.59 Å². The third-order valence-corrected chi connectivity index (χ3v) is 2.31. The summed E-state index contributed by atoms with van der Waals surface area (Å²) in [6, 6.07) is 7.51. The van der Waals surface area contributed by atoms with Gasteiger partial charge in [-0.3, -0.25) is 9.59 Å². The molecule has 0 radical (unpaired) electrons. The first-order valence-corrected chi connectivity index (χ1v) is 4.85. The number of carboxylic acid groups (broad SMARTS) is 1. The van der Waals surface area contributed by atoms with E-state index in [0.29, 0.717) is 0 Å². The molecule has 4 heteroatoms. The maximum Gasteiger partial charge on any atom is 0.318 e. The molecule has 0 heterocycles. The summed E-state index contributed by atoms with van der Waals surface area (Å²) in [6.45, 7) is 0. The summed E-state index contributed by atoms with van der Waals surface area (Å²) in [6.07, 6.45) is 2.54. The number of esters is 1. The standard InChI is InChI=1S/C12H10O4/c13-11(14)7-12(15)16-10-6-5-8-3-1-2-4-9(8)10/h1-6,10H,7H2,(H,13,14). The number of benzene rings is 1.